The first-order valence-corrected chi connectivity index (χ1v) is 10.8. The lowest BCUT2D eigenvalue weighted by Crippen LogP contribution is -2.43. The topological polar surface area (TPSA) is 93.9 Å². The minimum absolute atomic E-state index is 0.0703. The molecule has 32 heavy (non-hydrogen) atoms. The van der Waals surface area contributed by atoms with Gasteiger partial charge in [0.15, 0.2) is 0 Å². The summed E-state index contributed by atoms with van der Waals surface area (Å²) in [6.45, 7) is 4.08. The lowest BCUT2D eigenvalue weighted by molar-refractivity contribution is -0.125. The van der Waals surface area contributed by atoms with Crippen LogP contribution < -0.4 is 15.5 Å². The van der Waals surface area contributed by atoms with Crippen LogP contribution >= 0.6 is 0 Å². The van der Waals surface area contributed by atoms with Gasteiger partial charge >= 0.3 is 0 Å². The molecule has 7 nitrogen and oxygen atoms in total. The van der Waals surface area contributed by atoms with Crippen molar-refractivity contribution < 1.29 is 4.79 Å². The van der Waals surface area contributed by atoms with Gasteiger partial charge in [0.05, 0.1) is 17.6 Å². The quantitative estimate of drug-likeness (QED) is 0.620. The molecule has 0 unspecified atom stereocenters. The second-order valence-electron chi connectivity index (χ2n) is 8.04. The van der Waals surface area contributed by atoms with E-state index >= 15 is 0 Å². The maximum atomic E-state index is 12.8. The number of piperidine rings is 1. The van der Waals surface area contributed by atoms with Gasteiger partial charge in [-0.2, -0.15) is 10.2 Å². The number of aryl methyl sites for hydroxylation is 1. The first-order valence-electron chi connectivity index (χ1n) is 10.8. The molecule has 4 rings (SSSR count). The number of nitriles is 1. The third kappa shape index (κ3) is 5.41. The van der Waals surface area contributed by atoms with Crippen LogP contribution in [-0.4, -0.2) is 29.0 Å². The highest BCUT2D eigenvalue weighted by molar-refractivity contribution is 5.79. The van der Waals surface area contributed by atoms with Gasteiger partial charge in [-0.1, -0.05) is 29.8 Å². The molecule has 1 atom stereocenters. The zero-order valence-corrected chi connectivity index (χ0v) is 18.1. The number of benzene rings is 2. The summed E-state index contributed by atoms with van der Waals surface area (Å²) in [7, 11) is 0. The summed E-state index contributed by atoms with van der Waals surface area (Å²) in [6, 6.07) is 19.3. The number of carbonyl (C=O) groups is 1. The zero-order valence-electron chi connectivity index (χ0n) is 18.1. The molecule has 0 radical (unpaired) electrons. The lowest BCUT2D eigenvalue weighted by Gasteiger charge is -2.33. The molecule has 162 valence electrons. The fourth-order valence-corrected chi connectivity index (χ4v) is 3.78. The summed E-state index contributed by atoms with van der Waals surface area (Å²) in [5.41, 5.74) is 3.73. The molecule has 7 heteroatoms. The van der Waals surface area contributed by atoms with Crippen molar-refractivity contribution >= 4 is 23.4 Å². The second kappa shape index (κ2) is 9.92. The van der Waals surface area contributed by atoms with Crippen LogP contribution in [0.3, 0.4) is 0 Å². The van der Waals surface area contributed by atoms with Gasteiger partial charge in [0.2, 0.25) is 11.9 Å². The van der Waals surface area contributed by atoms with Crippen LogP contribution in [0.2, 0.25) is 0 Å². The van der Waals surface area contributed by atoms with Gasteiger partial charge in [0, 0.05) is 31.5 Å². The maximum absolute atomic E-state index is 12.8. The molecule has 1 aliphatic rings. The van der Waals surface area contributed by atoms with E-state index in [9.17, 15) is 4.79 Å². The normalized spacial score (nSPS) is 15.6. The Balaban J connectivity index is 1.37. The Morgan fingerprint density at radius 3 is 2.69 bits per heavy atom. The van der Waals surface area contributed by atoms with Gasteiger partial charge in [-0.15, -0.1) is 0 Å². The molecule has 0 spiro atoms. The van der Waals surface area contributed by atoms with Crippen molar-refractivity contribution in [1.82, 2.24) is 15.3 Å². The summed E-state index contributed by atoms with van der Waals surface area (Å²) in [5.74, 6) is 1.30. The summed E-state index contributed by atoms with van der Waals surface area (Å²) < 4.78 is 0. The van der Waals surface area contributed by atoms with Gasteiger partial charge < -0.3 is 15.5 Å². The number of nitrogens with zero attached hydrogens (tertiary/aromatic N) is 4. The van der Waals surface area contributed by atoms with Crippen LogP contribution in [0.1, 0.15) is 29.5 Å². The van der Waals surface area contributed by atoms with Gasteiger partial charge in [-0.3, -0.25) is 4.79 Å². The van der Waals surface area contributed by atoms with Crippen molar-refractivity contribution in [2.75, 3.05) is 23.3 Å². The Hall–Kier alpha value is -3.92. The van der Waals surface area contributed by atoms with Crippen LogP contribution in [0.4, 0.5) is 17.5 Å². The summed E-state index contributed by atoms with van der Waals surface area (Å²) in [6.07, 6.45) is 3.53. The van der Waals surface area contributed by atoms with Gasteiger partial charge in [-0.05, 0) is 55.7 Å². The van der Waals surface area contributed by atoms with E-state index in [1.807, 2.05) is 30.3 Å². The van der Waals surface area contributed by atoms with Gasteiger partial charge in [-0.25, -0.2) is 4.98 Å². The largest absolute Gasteiger partial charge is 0.356 e. The van der Waals surface area contributed by atoms with E-state index < -0.39 is 0 Å². The highest BCUT2D eigenvalue weighted by atomic mass is 16.1. The van der Waals surface area contributed by atoms with Crippen molar-refractivity contribution in [3.05, 3.63) is 77.5 Å². The van der Waals surface area contributed by atoms with Crippen molar-refractivity contribution in [3.8, 4) is 6.07 Å². The van der Waals surface area contributed by atoms with Gasteiger partial charge in [0.25, 0.3) is 0 Å². The monoisotopic (exact) mass is 426 g/mol. The Labute approximate surface area is 188 Å². The average molecular weight is 427 g/mol. The van der Waals surface area contributed by atoms with E-state index in [1.54, 1.807) is 18.3 Å². The van der Waals surface area contributed by atoms with Crippen molar-refractivity contribution in [1.29, 1.82) is 5.26 Å². The minimum Gasteiger partial charge on any atom is -0.356 e. The number of anilines is 3. The molecule has 2 aromatic carbocycles. The second-order valence-corrected chi connectivity index (χ2v) is 8.04. The molecular formula is C25H26N6O. The van der Waals surface area contributed by atoms with E-state index in [0.29, 0.717) is 24.6 Å². The van der Waals surface area contributed by atoms with Gasteiger partial charge in [0.1, 0.15) is 5.82 Å². The first-order chi connectivity index (χ1) is 15.6. The van der Waals surface area contributed by atoms with Crippen LogP contribution in [0.25, 0.3) is 0 Å². The Bertz CT molecular complexity index is 1100. The molecule has 1 saturated heterocycles. The summed E-state index contributed by atoms with van der Waals surface area (Å²) >= 11 is 0. The zero-order chi connectivity index (χ0) is 22.3. The number of nitrogens with one attached hydrogen (secondary N) is 2. The molecule has 1 aromatic heterocycles. The van der Waals surface area contributed by atoms with E-state index in [-0.39, 0.29) is 11.8 Å². The highest BCUT2D eigenvalue weighted by Crippen LogP contribution is 2.23. The summed E-state index contributed by atoms with van der Waals surface area (Å²) in [5, 5.41) is 15.2. The van der Waals surface area contributed by atoms with Crippen LogP contribution in [0.15, 0.2) is 60.8 Å². The third-order valence-electron chi connectivity index (χ3n) is 5.61. The SMILES string of the molecule is Cc1ccc(CNC(=O)[C@H]2CCCN(c3ccnc(Nc4ccc(C#N)cc4)n3)C2)cc1. The first kappa shape index (κ1) is 21.3. The molecule has 1 fully saturated rings. The Morgan fingerprint density at radius 1 is 1.16 bits per heavy atom. The predicted molar refractivity (Wildman–Crippen MR) is 124 cm³/mol. The molecule has 3 aromatic rings. The molecule has 1 aliphatic heterocycles. The smallest absolute Gasteiger partial charge is 0.229 e. The molecule has 1 amide bonds. The van der Waals surface area contributed by atoms with Crippen LogP contribution in [-0.2, 0) is 11.3 Å². The maximum Gasteiger partial charge on any atom is 0.229 e. The van der Waals surface area contributed by atoms with E-state index in [1.165, 1.54) is 5.56 Å². The fourth-order valence-electron chi connectivity index (χ4n) is 3.78. The number of hydrogen-bond acceptors (Lipinski definition) is 6. The molecule has 0 saturated carbocycles. The Morgan fingerprint density at radius 2 is 1.94 bits per heavy atom. The number of carbonyl (C=O) groups excluding carboxylic acids is 1. The van der Waals surface area contributed by atoms with Crippen LogP contribution in [0, 0.1) is 24.2 Å². The minimum atomic E-state index is -0.0703. The predicted octanol–water partition coefficient (Wildman–Crippen LogP) is 3.93. The van der Waals surface area contributed by atoms with E-state index in [2.05, 4.69) is 50.6 Å². The molecule has 0 bridgehead atoms. The summed E-state index contributed by atoms with van der Waals surface area (Å²) in [4.78, 5) is 23.9. The average Bonchev–Trinajstić information content (AvgIpc) is 2.84. The molecule has 2 N–H and O–H groups in total. The standard InChI is InChI=1S/C25H26N6O/c1-18-4-6-20(7-5-18)16-28-24(32)21-3-2-14-31(17-21)23-12-13-27-25(30-23)29-22-10-8-19(15-26)9-11-22/h4-13,21H,2-3,14,16-17H2,1H3,(H,28,32)(H,27,29,30)/t21-/m0/s1. The van der Waals surface area contributed by atoms with E-state index in [0.717, 1.165) is 36.5 Å². The number of amides is 1. The molecule has 2 heterocycles. The Kier molecular flexibility index (Phi) is 6.61. The van der Waals surface area contributed by atoms with Crippen LogP contribution in [0.5, 0.6) is 0 Å². The number of hydrogen-bond donors (Lipinski definition) is 2. The highest BCUT2D eigenvalue weighted by Gasteiger charge is 2.26. The lowest BCUT2D eigenvalue weighted by atomic mass is 9.97. The fraction of sp³-hybridized carbons (Fsp3) is 0.280. The van der Waals surface area contributed by atoms with Crippen molar-refractivity contribution in [2.45, 2.75) is 26.3 Å². The molecule has 0 aliphatic carbocycles. The van der Waals surface area contributed by atoms with Crippen molar-refractivity contribution in [2.24, 2.45) is 5.92 Å². The number of aromatic nitrogens is 2. The molecular weight excluding hydrogens is 400 g/mol. The third-order valence-corrected chi connectivity index (χ3v) is 5.61. The van der Waals surface area contributed by atoms with Crippen molar-refractivity contribution in [3.63, 3.8) is 0 Å². The van der Waals surface area contributed by atoms with E-state index in [4.69, 9.17) is 5.26 Å². The number of rotatable bonds is 6.